The van der Waals surface area contributed by atoms with E-state index >= 15 is 0 Å². The number of nitrogens with zero attached hydrogens (tertiary/aromatic N) is 3. The van der Waals surface area contributed by atoms with Crippen molar-refractivity contribution >= 4 is 48.5 Å². The number of carbonyl (C=O) groups is 1. The van der Waals surface area contributed by atoms with Gasteiger partial charge in [0.2, 0.25) is 0 Å². The highest BCUT2D eigenvalue weighted by molar-refractivity contribution is 9.10. The second-order valence-electron chi connectivity index (χ2n) is 7.02. The fraction of sp³-hybridized carbons (Fsp3) is 0.333. The minimum absolute atomic E-state index is 0.00578. The van der Waals surface area contributed by atoms with Crippen molar-refractivity contribution in [1.29, 1.82) is 0 Å². The van der Waals surface area contributed by atoms with Crippen LogP contribution in [0.25, 0.3) is 10.2 Å². The lowest BCUT2D eigenvalue weighted by Gasteiger charge is -2.21. The smallest absolute Gasteiger partial charge is 0.260 e. The third-order valence-electron chi connectivity index (χ3n) is 4.55. The SMILES string of the molecule is Cc1cc2nc(N(CCCN(C)C)C(=O)c3ccc(Br)cc3)sc2cc1C. The molecule has 0 radical (unpaired) electrons. The van der Waals surface area contributed by atoms with E-state index in [9.17, 15) is 4.79 Å². The van der Waals surface area contributed by atoms with Gasteiger partial charge in [0.15, 0.2) is 5.13 Å². The Morgan fingerprint density at radius 1 is 1.07 bits per heavy atom. The fourth-order valence-corrected chi connectivity index (χ4v) is 4.19. The Balaban J connectivity index is 1.95. The summed E-state index contributed by atoms with van der Waals surface area (Å²) in [5, 5.41) is 0.765. The molecule has 0 unspecified atom stereocenters. The van der Waals surface area contributed by atoms with Crippen molar-refractivity contribution in [3.8, 4) is 0 Å². The van der Waals surface area contributed by atoms with Gasteiger partial charge in [-0.3, -0.25) is 9.69 Å². The maximum Gasteiger partial charge on any atom is 0.260 e. The van der Waals surface area contributed by atoms with Crippen LogP contribution in [0.5, 0.6) is 0 Å². The summed E-state index contributed by atoms with van der Waals surface area (Å²) in [6.45, 7) is 5.77. The van der Waals surface area contributed by atoms with E-state index in [0.29, 0.717) is 12.1 Å². The molecule has 27 heavy (non-hydrogen) atoms. The quantitative estimate of drug-likeness (QED) is 0.517. The number of carbonyl (C=O) groups excluding carboxylic acids is 1. The number of amides is 1. The van der Waals surface area contributed by atoms with Crippen LogP contribution in [0, 0.1) is 13.8 Å². The zero-order valence-corrected chi connectivity index (χ0v) is 18.5. The maximum atomic E-state index is 13.2. The van der Waals surface area contributed by atoms with Crippen molar-refractivity contribution < 1.29 is 4.79 Å². The molecule has 0 saturated carbocycles. The number of anilines is 1. The lowest BCUT2D eigenvalue weighted by molar-refractivity contribution is 0.0986. The molecule has 1 amide bonds. The van der Waals surface area contributed by atoms with Gasteiger partial charge in [-0.25, -0.2) is 4.98 Å². The number of aryl methyl sites for hydroxylation is 2. The molecule has 0 N–H and O–H groups in total. The molecule has 0 fully saturated rings. The number of halogens is 1. The molecule has 0 aliphatic heterocycles. The minimum atomic E-state index is -0.00578. The van der Waals surface area contributed by atoms with Crippen molar-refractivity contribution in [1.82, 2.24) is 9.88 Å². The van der Waals surface area contributed by atoms with Crippen LogP contribution in [0.3, 0.4) is 0 Å². The van der Waals surface area contributed by atoms with E-state index in [-0.39, 0.29) is 5.91 Å². The van der Waals surface area contributed by atoms with Crippen molar-refractivity contribution in [2.75, 3.05) is 32.1 Å². The predicted octanol–water partition coefficient (Wildman–Crippen LogP) is 5.27. The topological polar surface area (TPSA) is 36.4 Å². The maximum absolute atomic E-state index is 13.2. The Morgan fingerprint density at radius 3 is 2.41 bits per heavy atom. The van der Waals surface area contributed by atoms with E-state index in [4.69, 9.17) is 4.98 Å². The minimum Gasteiger partial charge on any atom is -0.309 e. The Kier molecular flexibility index (Phi) is 6.29. The lowest BCUT2D eigenvalue weighted by Crippen LogP contribution is -2.33. The number of hydrogen-bond donors (Lipinski definition) is 0. The van der Waals surface area contributed by atoms with Crippen molar-refractivity contribution in [3.63, 3.8) is 0 Å². The zero-order valence-electron chi connectivity index (χ0n) is 16.1. The van der Waals surface area contributed by atoms with Gasteiger partial charge in [0, 0.05) is 16.6 Å². The fourth-order valence-electron chi connectivity index (χ4n) is 2.86. The number of aromatic nitrogens is 1. The van der Waals surface area contributed by atoms with E-state index in [2.05, 4.69) is 46.8 Å². The van der Waals surface area contributed by atoms with Crippen molar-refractivity contribution in [2.45, 2.75) is 20.3 Å². The summed E-state index contributed by atoms with van der Waals surface area (Å²) >= 11 is 5.01. The summed E-state index contributed by atoms with van der Waals surface area (Å²) in [5.41, 5.74) is 4.10. The Hall–Kier alpha value is -1.76. The van der Waals surface area contributed by atoms with Gasteiger partial charge in [-0.15, -0.1) is 0 Å². The number of hydrogen-bond acceptors (Lipinski definition) is 4. The second kappa shape index (κ2) is 8.50. The van der Waals surface area contributed by atoms with Gasteiger partial charge in [-0.1, -0.05) is 27.3 Å². The highest BCUT2D eigenvalue weighted by Crippen LogP contribution is 2.31. The third kappa shape index (κ3) is 4.75. The van der Waals surface area contributed by atoms with E-state index in [0.717, 1.165) is 32.8 Å². The van der Waals surface area contributed by atoms with Crippen LogP contribution in [0.1, 0.15) is 27.9 Å². The second-order valence-corrected chi connectivity index (χ2v) is 8.95. The highest BCUT2D eigenvalue weighted by atomic mass is 79.9. The normalized spacial score (nSPS) is 11.3. The van der Waals surface area contributed by atoms with Gasteiger partial charge in [0.1, 0.15) is 0 Å². The molecular formula is C21H24BrN3OS. The summed E-state index contributed by atoms with van der Waals surface area (Å²) in [6, 6.07) is 11.8. The van der Waals surface area contributed by atoms with Gasteiger partial charge in [-0.2, -0.15) is 0 Å². The van der Waals surface area contributed by atoms with Gasteiger partial charge >= 0.3 is 0 Å². The molecule has 2 aromatic carbocycles. The number of thiazole rings is 1. The average molecular weight is 446 g/mol. The van der Waals surface area contributed by atoms with E-state index in [1.807, 2.05) is 43.3 Å². The molecule has 0 atom stereocenters. The van der Waals surface area contributed by atoms with Crippen LogP contribution >= 0.6 is 27.3 Å². The average Bonchev–Trinajstić information content (AvgIpc) is 3.01. The largest absolute Gasteiger partial charge is 0.309 e. The summed E-state index contributed by atoms with van der Waals surface area (Å²) in [7, 11) is 4.09. The summed E-state index contributed by atoms with van der Waals surface area (Å²) in [5.74, 6) is -0.00578. The molecule has 0 spiro atoms. The molecule has 6 heteroatoms. The van der Waals surface area contributed by atoms with Crippen LogP contribution in [0.2, 0.25) is 0 Å². The molecule has 1 aromatic heterocycles. The Morgan fingerprint density at radius 2 is 1.74 bits per heavy atom. The van der Waals surface area contributed by atoms with E-state index in [1.54, 1.807) is 11.3 Å². The van der Waals surface area contributed by atoms with E-state index < -0.39 is 0 Å². The van der Waals surface area contributed by atoms with Crippen LogP contribution in [-0.4, -0.2) is 43.0 Å². The van der Waals surface area contributed by atoms with E-state index in [1.165, 1.54) is 11.1 Å². The van der Waals surface area contributed by atoms with Crippen LogP contribution in [0.15, 0.2) is 40.9 Å². The standard InChI is InChI=1S/C21H24BrN3OS/c1-14-12-18-19(13-15(14)2)27-21(23-18)25(11-5-10-24(3)4)20(26)16-6-8-17(22)9-7-16/h6-9,12-13H,5,10-11H2,1-4H3. The first kappa shape index (κ1) is 20.0. The Labute approximate surface area is 172 Å². The van der Waals surface area contributed by atoms with Gasteiger partial charge in [0.25, 0.3) is 5.91 Å². The molecule has 3 aromatic rings. The zero-order chi connectivity index (χ0) is 19.6. The molecular weight excluding hydrogens is 422 g/mol. The molecule has 4 nitrogen and oxygen atoms in total. The Bertz CT molecular complexity index is 911. The van der Waals surface area contributed by atoms with Crippen molar-refractivity contribution in [2.24, 2.45) is 0 Å². The van der Waals surface area contributed by atoms with Gasteiger partial charge in [0.05, 0.1) is 10.2 Å². The number of fused-ring (bicyclic) bond motifs is 1. The first-order chi connectivity index (χ1) is 12.8. The predicted molar refractivity (Wildman–Crippen MR) is 118 cm³/mol. The monoisotopic (exact) mass is 445 g/mol. The summed E-state index contributed by atoms with van der Waals surface area (Å²) in [6.07, 6.45) is 0.892. The molecule has 0 bridgehead atoms. The molecule has 0 saturated heterocycles. The number of benzene rings is 2. The molecule has 0 aliphatic rings. The highest BCUT2D eigenvalue weighted by Gasteiger charge is 2.21. The molecule has 1 heterocycles. The van der Waals surface area contributed by atoms with Crippen LogP contribution < -0.4 is 4.90 Å². The first-order valence-electron chi connectivity index (χ1n) is 8.95. The van der Waals surface area contributed by atoms with Gasteiger partial charge < -0.3 is 4.90 Å². The third-order valence-corrected chi connectivity index (χ3v) is 6.12. The molecule has 3 rings (SSSR count). The van der Waals surface area contributed by atoms with Crippen LogP contribution in [-0.2, 0) is 0 Å². The number of rotatable bonds is 6. The summed E-state index contributed by atoms with van der Waals surface area (Å²) in [4.78, 5) is 21.9. The molecule has 142 valence electrons. The first-order valence-corrected chi connectivity index (χ1v) is 10.6. The molecule has 0 aliphatic carbocycles. The van der Waals surface area contributed by atoms with Crippen molar-refractivity contribution in [3.05, 3.63) is 57.6 Å². The summed E-state index contributed by atoms with van der Waals surface area (Å²) < 4.78 is 2.08. The lowest BCUT2D eigenvalue weighted by atomic mass is 10.1. The van der Waals surface area contributed by atoms with Gasteiger partial charge in [-0.05, 0) is 88.4 Å². The van der Waals surface area contributed by atoms with Crippen LogP contribution in [0.4, 0.5) is 5.13 Å².